The molecule has 0 radical (unpaired) electrons. The summed E-state index contributed by atoms with van der Waals surface area (Å²) in [6.07, 6.45) is 2.25. The molecule has 1 atom stereocenters. The van der Waals surface area contributed by atoms with Gasteiger partial charge in [-0.25, -0.2) is 4.39 Å². The van der Waals surface area contributed by atoms with Gasteiger partial charge in [-0.05, 0) is 37.0 Å². The SMILES string of the molecule is CC(=O)N1CCC[C@H]1C(=O)NCCc1ccc(F)cc1. The molecule has 20 heavy (non-hydrogen) atoms. The van der Waals surface area contributed by atoms with E-state index < -0.39 is 0 Å². The Morgan fingerprint density at radius 1 is 1.35 bits per heavy atom. The van der Waals surface area contributed by atoms with E-state index in [0.29, 0.717) is 19.5 Å². The Labute approximate surface area is 118 Å². The Hall–Kier alpha value is -1.91. The van der Waals surface area contributed by atoms with Gasteiger partial charge >= 0.3 is 0 Å². The molecule has 4 nitrogen and oxygen atoms in total. The predicted molar refractivity (Wildman–Crippen MR) is 73.5 cm³/mol. The largest absolute Gasteiger partial charge is 0.354 e. The van der Waals surface area contributed by atoms with Crippen molar-refractivity contribution in [1.82, 2.24) is 10.2 Å². The van der Waals surface area contributed by atoms with E-state index in [-0.39, 0.29) is 23.7 Å². The van der Waals surface area contributed by atoms with Crippen LogP contribution >= 0.6 is 0 Å². The van der Waals surface area contributed by atoms with Crippen LogP contribution in [0.2, 0.25) is 0 Å². The number of rotatable bonds is 4. The molecule has 1 N–H and O–H groups in total. The first-order chi connectivity index (χ1) is 9.58. The first-order valence-electron chi connectivity index (χ1n) is 6.87. The average molecular weight is 278 g/mol. The van der Waals surface area contributed by atoms with Gasteiger partial charge in [-0.1, -0.05) is 12.1 Å². The fourth-order valence-corrected chi connectivity index (χ4v) is 2.52. The smallest absolute Gasteiger partial charge is 0.242 e. The molecule has 1 heterocycles. The molecule has 0 aromatic heterocycles. The maximum absolute atomic E-state index is 12.8. The van der Waals surface area contributed by atoms with E-state index in [0.717, 1.165) is 18.4 Å². The Morgan fingerprint density at radius 3 is 2.70 bits per heavy atom. The van der Waals surface area contributed by atoms with Gasteiger partial charge in [0.1, 0.15) is 11.9 Å². The number of halogens is 1. The highest BCUT2D eigenvalue weighted by atomic mass is 19.1. The van der Waals surface area contributed by atoms with Crippen LogP contribution in [0.3, 0.4) is 0 Å². The molecule has 0 spiro atoms. The van der Waals surface area contributed by atoms with E-state index in [1.807, 2.05) is 0 Å². The van der Waals surface area contributed by atoms with Crippen LogP contribution in [0.4, 0.5) is 4.39 Å². The molecule has 0 aliphatic carbocycles. The van der Waals surface area contributed by atoms with Crippen molar-refractivity contribution in [3.8, 4) is 0 Å². The van der Waals surface area contributed by atoms with Crippen LogP contribution in [0.25, 0.3) is 0 Å². The van der Waals surface area contributed by atoms with E-state index in [9.17, 15) is 14.0 Å². The number of hydrogen-bond donors (Lipinski definition) is 1. The molecule has 0 saturated carbocycles. The normalized spacial score (nSPS) is 18.1. The number of carbonyl (C=O) groups excluding carboxylic acids is 2. The summed E-state index contributed by atoms with van der Waals surface area (Å²) in [6, 6.07) is 5.90. The van der Waals surface area contributed by atoms with E-state index in [1.54, 1.807) is 17.0 Å². The van der Waals surface area contributed by atoms with E-state index >= 15 is 0 Å². The van der Waals surface area contributed by atoms with E-state index in [1.165, 1.54) is 19.1 Å². The van der Waals surface area contributed by atoms with Crippen LogP contribution in [-0.2, 0) is 16.0 Å². The zero-order valence-corrected chi connectivity index (χ0v) is 11.6. The van der Waals surface area contributed by atoms with Gasteiger partial charge in [0, 0.05) is 20.0 Å². The molecule has 1 aromatic carbocycles. The molecule has 0 bridgehead atoms. The van der Waals surface area contributed by atoms with Crippen LogP contribution < -0.4 is 5.32 Å². The van der Waals surface area contributed by atoms with Gasteiger partial charge in [-0.15, -0.1) is 0 Å². The lowest BCUT2D eigenvalue weighted by molar-refractivity contribution is -0.136. The monoisotopic (exact) mass is 278 g/mol. The maximum atomic E-state index is 12.8. The second-order valence-corrected chi connectivity index (χ2v) is 5.04. The Kier molecular flexibility index (Phi) is 4.71. The highest BCUT2D eigenvalue weighted by Crippen LogP contribution is 2.17. The molecule has 1 aliphatic heterocycles. The fraction of sp³-hybridized carbons (Fsp3) is 0.467. The Bertz CT molecular complexity index is 487. The zero-order valence-electron chi connectivity index (χ0n) is 11.6. The molecule has 5 heteroatoms. The molecular weight excluding hydrogens is 259 g/mol. The summed E-state index contributed by atoms with van der Waals surface area (Å²) >= 11 is 0. The third-order valence-corrected chi connectivity index (χ3v) is 3.59. The number of nitrogens with one attached hydrogen (secondary N) is 1. The molecule has 1 saturated heterocycles. The van der Waals surface area contributed by atoms with Crippen molar-refractivity contribution < 1.29 is 14.0 Å². The van der Waals surface area contributed by atoms with Crippen molar-refractivity contribution in [2.24, 2.45) is 0 Å². The number of carbonyl (C=O) groups is 2. The summed E-state index contributed by atoms with van der Waals surface area (Å²) in [5.74, 6) is -0.415. The molecule has 0 unspecified atom stereocenters. The van der Waals surface area contributed by atoms with Crippen molar-refractivity contribution in [3.05, 3.63) is 35.6 Å². The lowest BCUT2D eigenvalue weighted by Crippen LogP contribution is -2.45. The van der Waals surface area contributed by atoms with Crippen LogP contribution in [0.1, 0.15) is 25.3 Å². The van der Waals surface area contributed by atoms with Crippen molar-refractivity contribution in [2.75, 3.05) is 13.1 Å². The lowest BCUT2D eigenvalue weighted by Gasteiger charge is -2.22. The second-order valence-electron chi connectivity index (χ2n) is 5.04. The van der Waals surface area contributed by atoms with E-state index in [4.69, 9.17) is 0 Å². The summed E-state index contributed by atoms with van der Waals surface area (Å²) in [6.45, 7) is 2.64. The number of hydrogen-bond acceptors (Lipinski definition) is 2. The van der Waals surface area contributed by atoms with Crippen LogP contribution in [0, 0.1) is 5.82 Å². The fourth-order valence-electron chi connectivity index (χ4n) is 2.52. The summed E-state index contributed by atoms with van der Waals surface area (Å²) < 4.78 is 12.8. The minimum Gasteiger partial charge on any atom is -0.354 e. The number of nitrogens with zero attached hydrogens (tertiary/aromatic N) is 1. The predicted octanol–water partition coefficient (Wildman–Crippen LogP) is 1.50. The van der Waals surface area contributed by atoms with Crippen molar-refractivity contribution >= 4 is 11.8 Å². The zero-order chi connectivity index (χ0) is 14.5. The minimum absolute atomic E-state index is 0.0545. The highest BCUT2D eigenvalue weighted by Gasteiger charge is 2.31. The second kappa shape index (κ2) is 6.50. The summed E-state index contributed by atoms with van der Waals surface area (Å²) in [5, 5.41) is 2.85. The van der Waals surface area contributed by atoms with Crippen molar-refractivity contribution in [3.63, 3.8) is 0 Å². The van der Waals surface area contributed by atoms with Gasteiger partial charge in [0.15, 0.2) is 0 Å². The van der Waals surface area contributed by atoms with Gasteiger partial charge in [0.05, 0.1) is 0 Å². The summed E-state index contributed by atoms with van der Waals surface area (Å²) in [7, 11) is 0. The molecular formula is C15H19FN2O2. The van der Waals surface area contributed by atoms with Crippen molar-refractivity contribution in [2.45, 2.75) is 32.2 Å². The van der Waals surface area contributed by atoms with Gasteiger partial charge in [0.25, 0.3) is 0 Å². The highest BCUT2D eigenvalue weighted by molar-refractivity contribution is 5.87. The topological polar surface area (TPSA) is 49.4 Å². The summed E-state index contributed by atoms with van der Waals surface area (Å²) in [4.78, 5) is 25.1. The quantitative estimate of drug-likeness (QED) is 0.907. The average Bonchev–Trinajstić information content (AvgIpc) is 2.90. The first kappa shape index (κ1) is 14.5. The first-order valence-corrected chi connectivity index (χ1v) is 6.87. The maximum Gasteiger partial charge on any atom is 0.242 e. The molecule has 1 aromatic rings. The standard InChI is InChI=1S/C15H19FN2O2/c1-11(19)18-10-2-3-14(18)15(20)17-9-8-12-4-6-13(16)7-5-12/h4-7,14H,2-3,8-10H2,1H3,(H,17,20)/t14-/m0/s1. The van der Waals surface area contributed by atoms with Gasteiger partial charge in [0.2, 0.25) is 11.8 Å². The molecule has 1 fully saturated rings. The molecule has 2 amide bonds. The van der Waals surface area contributed by atoms with Crippen molar-refractivity contribution in [1.29, 1.82) is 0 Å². The molecule has 108 valence electrons. The summed E-state index contributed by atoms with van der Waals surface area (Å²) in [5.41, 5.74) is 0.974. The van der Waals surface area contributed by atoms with Gasteiger partial charge < -0.3 is 10.2 Å². The van der Waals surface area contributed by atoms with Gasteiger partial charge in [-0.2, -0.15) is 0 Å². The molecule has 1 aliphatic rings. The third kappa shape index (κ3) is 3.56. The minimum atomic E-state index is -0.333. The molecule has 2 rings (SSSR count). The Balaban J connectivity index is 1.80. The number of likely N-dealkylation sites (tertiary alicyclic amines) is 1. The Morgan fingerprint density at radius 2 is 2.05 bits per heavy atom. The van der Waals surface area contributed by atoms with Gasteiger partial charge in [-0.3, -0.25) is 9.59 Å². The third-order valence-electron chi connectivity index (χ3n) is 3.59. The van der Waals surface area contributed by atoms with E-state index in [2.05, 4.69) is 5.32 Å². The van der Waals surface area contributed by atoms with Crippen LogP contribution in [0.15, 0.2) is 24.3 Å². The number of amides is 2. The number of benzene rings is 1. The lowest BCUT2D eigenvalue weighted by atomic mass is 10.1. The van der Waals surface area contributed by atoms with Crippen LogP contribution in [0.5, 0.6) is 0 Å². The van der Waals surface area contributed by atoms with Crippen LogP contribution in [-0.4, -0.2) is 35.8 Å².